The number of benzene rings is 1. The van der Waals surface area contributed by atoms with Crippen LogP contribution in [0.25, 0.3) is 0 Å². The highest BCUT2D eigenvalue weighted by Crippen LogP contribution is 2.19. The lowest BCUT2D eigenvalue weighted by Gasteiger charge is -2.14. The topological polar surface area (TPSA) is 88.6 Å². The largest absolute Gasteiger partial charge is 0.484 e. The Balaban J connectivity index is 1.46. The summed E-state index contributed by atoms with van der Waals surface area (Å²) >= 11 is 0. The standard InChI is InChI=1S/C17H15N3O4/c21-14(11-24-12-5-2-1-3-6-12)18-9-10-20-16(22)13-7-4-8-19-15(13)17(20)23/h1-8H,9-11H2,(H,18,21). The molecule has 1 N–H and O–H groups in total. The van der Waals surface area contributed by atoms with E-state index in [1.165, 1.54) is 6.20 Å². The summed E-state index contributed by atoms with van der Waals surface area (Å²) in [5, 5.41) is 2.62. The minimum Gasteiger partial charge on any atom is -0.484 e. The molecule has 0 atom stereocenters. The van der Waals surface area contributed by atoms with Gasteiger partial charge in [0.2, 0.25) is 0 Å². The number of fused-ring (bicyclic) bond motifs is 1. The first-order chi connectivity index (χ1) is 11.7. The van der Waals surface area contributed by atoms with Crippen molar-refractivity contribution in [1.29, 1.82) is 0 Å². The molecule has 0 radical (unpaired) electrons. The molecule has 0 saturated heterocycles. The Morgan fingerprint density at radius 3 is 2.62 bits per heavy atom. The van der Waals surface area contributed by atoms with Gasteiger partial charge in [-0.05, 0) is 24.3 Å². The molecule has 2 aromatic rings. The molecule has 0 spiro atoms. The molecule has 0 saturated carbocycles. The molecule has 2 heterocycles. The van der Waals surface area contributed by atoms with Crippen molar-refractivity contribution < 1.29 is 19.1 Å². The Kier molecular flexibility index (Phi) is 4.51. The second-order valence-electron chi connectivity index (χ2n) is 5.11. The van der Waals surface area contributed by atoms with Gasteiger partial charge in [-0.1, -0.05) is 18.2 Å². The van der Waals surface area contributed by atoms with Crippen molar-refractivity contribution in [3.05, 3.63) is 59.9 Å². The highest BCUT2D eigenvalue weighted by molar-refractivity contribution is 6.20. The van der Waals surface area contributed by atoms with Crippen LogP contribution < -0.4 is 10.1 Å². The Labute approximate surface area is 138 Å². The van der Waals surface area contributed by atoms with Crippen LogP contribution >= 0.6 is 0 Å². The van der Waals surface area contributed by atoms with E-state index in [0.29, 0.717) is 11.3 Å². The summed E-state index contributed by atoms with van der Waals surface area (Å²) in [5.41, 5.74) is 0.447. The number of hydrogen-bond donors (Lipinski definition) is 1. The summed E-state index contributed by atoms with van der Waals surface area (Å²) in [6.45, 7) is 0.112. The summed E-state index contributed by atoms with van der Waals surface area (Å²) in [6, 6.07) is 12.1. The van der Waals surface area contributed by atoms with Gasteiger partial charge in [-0.2, -0.15) is 0 Å². The van der Waals surface area contributed by atoms with Crippen molar-refractivity contribution in [3.63, 3.8) is 0 Å². The molecule has 1 aliphatic heterocycles. The molecule has 1 aromatic carbocycles. The van der Waals surface area contributed by atoms with E-state index in [0.717, 1.165) is 4.90 Å². The predicted octanol–water partition coefficient (Wildman–Crippen LogP) is 0.873. The molecule has 0 aliphatic carbocycles. The zero-order chi connectivity index (χ0) is 16.9. The van der Waals surface area contributed by atoms with Gasteiger partial charge in [0.25, 0.3) is 17.7 Å². The minimum atomic E-state index is -0.439. The summed E-state index contributed by atoms with van der Waals surface area (Å²) in [4.78, 5) is 41.0. The van der Waals surface area contributed by atoms with Crippen LogP contribution in [0.2, 0.25) is 0 Å². The molecular formula is C17H15N3O4. The van der Waals surface area contributed by atoms with Crippen molar-refractivity contribution in [2.75, 3.05) is 19.7 Å². The van der Waals surface area contributed by atoms with Gasteiger partial charge in [0.1, 0.15) is 11.4 Å². The zero-order valence-electron chi connectivity index (χ0n) is 12.8. The number of carbonyl (C=O) groups excluding carboxylic acids is 3. The normalized spacial score (nSPS) is 12.9. The number of imide groups is 1. The first-order valence-electron chi connectivity index (χ1n) is 7.42. The lowest BCUT2D eigenvalue weighted by molar-refractivity contribution is -0.123. The lowest BCUT2D eigenvalue weighted by atomic mass is 10.2. The SMILES string of the molecule is O=C(COc1ccccc1)NCCN1C(=O)c2cccnc2C1=O. The number of nitrogens with zero attached hydrogens (tertiary/aromatic N) is 2. The molecule has 3 rings (SSSR count). The van der Waals surface area contributed by atoms with Crippen LogP contribution in [0.3, 0.4) is 0 Å². The number of amides is 3. The van der Waals surface area contributed by atoms with Crippen molar-refractivity contribution in [2.24, 2.45) is 0 Å². The molecule has 7 heteroatoms. The van der Waals surface area contributed by atoms with E-state index in [1.807, 2.05) is 18.2 Å². The van der Waals surface area contributed by atoms with E-state index in [2.05, 4.69) is 10.3 Å². The predicted molar refractivity (Wildman–Crippen MR) is 84.6 cm³/mol. The maximum Gasteiger partial charge on any atom is 0.280 e. The van der Waals surface area contributed by atoms with Crippen LogP contribution in [-0.2, 0) is 4.79 Å². The smallest absolute Gasteiger partial charge is 0.280 e. The second kappa shape index (κ2) is 6.91. The molecular weight excluding hydrogens is 310 g/mol. The van der Waals surface area contributed by atoms with E-state index >= 15 is 0 Å². The highest BCUT2D eigenvalue weighted by atomic mass is 16.5. The number of carbonyl (C=O) groups is 3. The van der Waals surface area contributed by atoms with Gasteiger partial charge < -0.3 is 10.1 Å². The van der Waals surface area contributed by atoms with E-state index in [4.69, 9.17) is 4.74 Å². The van der Waals surface area contributed by atoms with Gasteiger partial charge in [-0.3, -0.25) is 24.3 Å². The number of ether oxygens (including phenoxy) is 1. The number of hydrogen-bond acceptors (Lipinski definition) is 5. The van der Waals surface area contributed by atoms with Gasteiger partial charge in [0.05, 0.1) is 5.56 Å². The van der Waals surface area contributed by atoms with Gasteiger partial charge in [0.15, 0.2) is 6.61 Å². The van der Waals surface area contributed by atoms with Crippen LogP contribution in [0.15, 0.2) is 48.7 Å². The number of pyridine rings is 1. The maximum atomic E-state index is 12.1. The number of aromatic nitrogens is 1. The molecule has 7 nitrogen and oxygen atoms in total. The number of nitrogens with one attached hydrogen (secondary N) is 1. The molecule has 1 aliphatic rings. The number of para-hydroxylation sites is 1. The van der Waals surface area contributed by atoms with Crippen LogP contribution in [0.5, 0.6) is 5.75 Å². The first-order valence-corrected chi connectivity index (χ1v) is 7.42. The summed E-state index contributed by atoms with van der Waals surface area (Å²) < 4.78 is 5.31. The van der Waals surface area contributed by atoms with E-state index in [1.54, 1.807) is 24.3 Å². The molecule has 122 valence electrons. The van der Waals surface area contributed by atoms with E-state index in [9.17, 15) is 14.4 Å². The third kappa shape index (κ3) is 3.24. The van der Waals surface area contributed by atoms with Crippen molar-refractivity contribution >= 4 is 17.7 Å². The van der Waals surface area contributed by atoms with Crippen molar-refractivity contribution in [1.82, 2.24) is 15.2 Å². The summed E-state index contributed by atoms with van der Waals surface area (Å²) in [5.74, 6) is -0.559. The Hall–Kier alpha value is -3.22. The third-order valence-corrected chi connectivity index (χ3v) is 3.50. The first kappa shape index (κ1) is 15.7. The van der Waals surface area contributed by atoms with Crippen molar-refractivity contribution in [3.8, 4) is 5.75 Å². The van der Waals surface area contributed by atoms with Crippen LogP contribution in [0.4, 0.5) is 0 Å². The molecule has 1 aromatic heterocycles. The minimum absolute atomic E-state index is 0.0884. The Bertz CT molecular complexity index is 741. The van der Waals surface area contributed by atoms with E-state index in [-0.39, 0.29) is 31.3 Å². The average Bonchev–Trinajstić information content (AvgIpc) is 2.86. The molecule has 0 bridgehead atoms. The number of rotatable bonds is 6. The highest BCUT2D eigenvalue weighted by Gasteiger charge is 2.36. The van der Waals surface area contributed by atoms with E-state index < -0.39 is 11.8 Å². The molecule has 0 fully saturated rings. The van der Waals surface area contributed by atoms with Crippen LogP contribution in [-0.4, -0.2) is 47.3 Å². The van der Waals surface area contributed by atoms with Gasteiger partial charge in [-0.15, -0.1) is 0 Å². The Morgan fingerprint density at radius 1 is 1.08 bits per heavy atom. The van der Waals surface area contributed by atoms with Crippen LogP contribution in [0.1, 0.15) is 20.8 Å². The second-order valence-corrected chi connectivity index (χ2v) is 5.11. The average molecular weight is 325 g/mol. The summed E-state index contributed by atoms with van der Waals surface area (Å²) in [6.07, 6.45) is 1.47. The third-order valence-electron chi connectivity index (χ3n) is 3.50. The van der Waals surface area contributed by atoms with Gasteiger partial charge in [-0.25, -0.2) is 0 Å². The van der Waals surface area contributed by atoms with Crippen LogP contribution in [0, 0.1) is 0 Å². The summed E-state index contributed by atoms with van der Waals surface area (Å²) in [7, 11) is 0. The molecule has 24 heavy (non-hydrogen) atoms. The fourth-order valence-corrected chi connectivity index (χ4v) is 2.34. The fourth-order valence-electron chi connectivity index (χ4n) is 2.34. The lowest BCUT2D eigenvalue weighted by Crippen LogP contribution is -2.39. The van der Waals surface area contributed by atoms with Gasteiger partial charge in [0, 0.05) is 19.3 Å². The van der Waals surface area contributed by atoms with Crippen molar-refractivity contribution in [2.45, 2.75) is 0 Å². The maximum absolute atomic E-state index is 12.1. The monoisotopic (exact) mass is 325 g/mol. The molecule has 0 unspecified atom stereocenters. The quantitative estimate of drug-likeness (QED) is 0.796. The van der Waals surface area contributed by atoms with Gasteiger partial charge >= 0.3 is 0 Å². The fraction of sp³-hybridized carbons (Fsp3) is 0.176. The molecule has 3 amide bonds. The zero-order valence-corrected chi connectivity index (χ0v) is 12.8. The Morgan fingerprint density at radius 2 is 1.88 bits per heavy atom.